The number of hydrogen-bond donors (Lipinski definition) is 2. The molecule has 0 spiro atoms. The minimum Gasteiger partial charge on any atom is -0.393 e. The first-order chi connectivity index (χ1) is 9.19. The zero-order valence-electron chi connectivity index (χ0n) is 11.5. The molecule has 0 aromatic heterocycles. The smallest absolute Gasteiger partial charge is 0.0991 e. The van der Waals surface area contributed by atoms with Gasteiger partial charge in [-0.25, -0.2) is 0 Å². The van der Waals surface area contributed by atoms with Crippen LogP contribution in [-0.2, 0) is 6.54 Å². The second-order valence-corrected chi connectivity index (χ2v) is 5.56. The summed E-state index contributed by atoms with van der Waals surface area (Å²) in [5, 5.41) is 21.8. The Kier molecular flexibility index (Phi) is 4.95. The minimum absolute atomic E-state index is 0.0722. The summed E-state index contributed by atoms with van der Waals surface area (Å²) in [6.07, 6.45) is 4.07. The highest BCUT2D eigenvalue weighted by Crippen LogP contribution is 2.23. The van der Waals surface area contributed by atoms with Gasteiger partial charge in [0.2, 0.25) is 0 Å². The number of nitriles is 1. The second-order valence-electron chi connectivity index (χ2n) is 5.56. The Labute approximate surface area is 115 Å². The summed E-state index contributed by atoms with van der Waals surface area (Å²) >= 11 is 0. The van der Waals surface area contributed by atoms with E-state index in [0.717, 1.165) is 44.3 Å². The lowest BCUT2D eigenvalue weighted by molar-refractivity contribution is 0.108. The van der Waals surface area contributed by atoms with Crippen LogP contribution in [0.25, 0.3) is 0 Å². The van der Waals surface area contributed by atoms with Crippen LogP contribution in [0.15, 0.2) is 18.2 Å². The highest BCUT2D eigenvalue weighted by Gasteiger charge is 2.18. The predicted molar refractivity (Wildman–Crippen MR) is 75.6 cm³/mol. The van der Waals surface area contributed by atoms with Gasteiger partial charge in [0.1, 0.15) is 0 Å². The number of benzene rings is 1. The maximum Gasteiger partial charge on any atom is 0.0991 e. The van der Waals surface area contributed by atoms with E-state index in [1.807, 2.05) is 18.2 Å². The predicted octanol–water partition coefficient (Wildman–Crippen LogP) is 2.51. The molecule has 0 heterocycles. The molecule has 1 saturated carbocycles. The summed E-state index contributed by atoms with van der Waals surface area (Å²) in [4.78, 5) is 0. The molecule has 102 valence electrons. The Morgan fingerprint density at radius 1 is 1.32 bits per heavy atom. The van der Waals surface area contributed by atoms with Gasteiger partial charge in [-0.2, -0.15) is 5.26 Å². The Balaban J connectivity index is 1.78. The van der Waals surface area contributed by atoms with Crippen molar-refractivity contribution >= 4 is 0 Å². The number of nitrogens with zero attached hydrogens (tertiary/aromatic N) is 1. The molecule has 1 fully saturated rings. The highest BCUT2D eigenvalue weighted by molar-refractivity contribution is 5.37. The van der Waals surface area contributed by atoms with Gasteiger partial charge in [-0.1, -0.05) is 6.07 Å². The Bertz CT molecular complexity index is 456. The van der Waals surface area contributed by atoms with Gasteiger partial charge in [0.25, 0.3) is 0 Å². The molecule has 0 aliphatic heterocycles. The van der Waals surface area contributed by atoms with Crippen molar-refractivity contribution in [2.45, 2.75) is 45.3 Å². The summed E-state index contributed by atoms with van der Waals surface area (Å²) in [6, 6.07) is 8.01. The van der Waals surface area contributed by atoms with E-state index in [2.05, 4.69) is 18.3 Å². The molecule has 0 unspecified atom stereocenters. The van der Waals surface area contributed by atoms with Gasteiger partial charge in [-0.05, 0) is 68.3 Å². The lowest BCUT2D eigenvalue weighted by atomic mass is 9.87. The number of rotatable bonds is 4. The van der Waals surface area contributed by atoms with E-state index < -0.39 is 0 Å². The molecule has 2 N–H and O–H groups in total. The van der Waals surface area contributed by atoms with Gasteiger partial charge in [-0.3, -0.25) is 0 Å². The maximum atomic E-state index is 9.47. The van der Waals surface area contributed by atoms with Crippen LogP contribution in [0.5, 0.6) is 0 Å². The van der Waals surface area contributed by atoms with Crippen LogP contribution in [0.4, 0.5) is 0 Å². The van der Waals surface area contributed by atoms with Crippen LogP contribution in [0, 0.1) is 24.2 Å². The van der Waals surface area contributed by atoms with Crippen molar-refractivity contribution in [1.29, 1.82) is 5.26 Å². The molecule has 1 aromatic carbocycles. The SMILES string of the molecule is Cc1cc(C#N)ccc1CNCC1CCC(O)CC1. The largest absolute Gasteiger partial charge is 0.393 e. The van der Waals surface area contributed by atoms with Gasteiger partial charge < -0.3 is 10.4 Å². The van der Waals surface area contributed by atoms with Gasteiger partial charge in [0.05, 0.1) is 17.7 Å². The molecule has 1 aliphatic carbocycles. The zero-order chi connectivity index (χ0) is 13.7. The molecule has 0 radical (unpaired) electrons. The van der Waals surface area contributed by atoms with Crippen LogP contribution in [0.2, 0.25) is 0 Å². The van der Waals surface area contributed by atoms with Crippen molar-refractivity contribution in [3.63, 3.8) is 0 Å². The van der Waals surface area contributed by atoms with Crippen molar-refractivity contribution in [2.75, 3.05) is 6.54 Å². The third-order valence-corrected chi connectivity index (χ3v) is 4.04. The molecule has 0 amide bonds. The van der Waals surface area contributed by atoms with E-state index >= 15 is 0 Å². The van der Waals surface area contributed by atoms with Crippen molar-refractivity contribution in [2.24, 2.45) is 5.92 Å². The fraction of sp³-hybridized carbons (Fsp3) is 0.562. The lowest BCUT2D eigenvalue weighted by Gasteiger charge is -2.25. The van der Waals surface area contributed by atoms with Crippen LogP contribution in [0.1, 0.15) is 42.4 Å². The summed E-state index contributed by atoms with van der Waals surface area (Å²) in [7, 11) is 0. The normalized spacial score (nSPS) is 23.0. The lowest BCUT2D eigenvalue weighted by Crippen LogP contribution is -2.27. The van der Waals surface area contributed by atoms with Crippen LogP contribution < -0.4 is 5.32 Å². The molecule has 0 bridgehead atoms. The van der Waals surface area contributed by atoms with Crippen molar-refractivity contribution < 1.29 is 5.11 Å². The third-order valence-electron chi connectivity index (χ3n) is 4.04. The number of hydrogen-bond acceptors (Lipinski definition) is 3. The summed E-state index contributed by atoms with van der Waals surface area (Å²) in [6.45, 7) is 3.93. The van der Waals surface area contributed by atoms with Crippen molar-refractivity contribution in [3.05, 3.63) is 34.9 Å². The topological polar surface area (TPSA) is 56.0 Å². The van der Waals surface area contributed by atoms with Crippen molar-refractivity contribution in [3.8, 4) is 6.07 Å². The fourth-order valence-corrected chi connectivity index (χ4v) is 2.72. The summed E-state index contributed by atoms with van der Waals surface area (Å²) < 4.78 is 0. The number of nitrogens with one attached hydrogen (secondary N) is 1. The average Bonchev–Trinajstić information content (AvgIpc) is 2.42. The molecule has 2 rings (SSSR count). The maximum absolute atomic E-state index is 9.47. The second kappa shape index (κ2) is 6.70. The van der Waals surface area contributed by atoms with Gasteiger partial charge in [-0.15, -0.1) is 0 Å². The molecule has 1 aromatic rings. The minimum atomic E-state index is -0.0722. The Morgan fingerprint density at radius 2 is 2.05 bits per heavy atom. The van der Waals surface area contributed by atoms with Gasteiger partial charge in [0.15, 0.2) is 0 Å². The Morgan fingerprint density at radius 3 is 2.68 bits per heavy atom. The number of aryl methyl sites for hydroxylation is 1. The zero-order valence-corrected chi connectivity index (χ0v) is 11.5. The van der Waals surface area contributed by atoms with Crippen LogP contribution >= 0.6 is 0 Å². The standard InChI is InChI=1S/C16H22N2O/c1-12-8-14(9-17)2-5-15(12)11-18-10-13-3-6-16(19)7-4-13/h2,5,8,13,16,18-19H,3-4,6-7,10-11H2,1H3. The van der Waals surface area contributed by atoms with E-state index in [4.69, 9.17) is 5.26 Å². The van der Waals surface area contributed by atoms with E-state index in [-0.39, 0.29) is 6.10 Å². The van der Waals surface area contributed by atoms with Gasteiger partial charge >= 0.3 is 0 Å². The first-order valence-corrected chi connectivity index (χ1v) is 7.07. The molecule has 1 aliphatic rings. The molecule has 0 atom stereocenters. The van der Waals surface area contributed by atoms with E-state index in [1.54, 1.807) is 0 Å². The quantitative estimate of drug-likeness (QED) is 0.872. The molecule has 3 nitrogen and oxygen atoms in total. The molecule has 3 heteroatoms. The Hall–Kier alpha value is -1.37. The first kappa shape index (κ1) is 14.0. The van der Waals surface area contributed by atoms with E-state index in [0.29, 0.717) is 5.92 Å². The molecule has 19 heavy (non-hydrogen) atoms. The number of aliphatic hydroxyl groups is 1. The highest BCUT2D eigenvalue weighted by atomic mass is 16.3. The average molecular weight is 258 g/mol. The van der Waals surface area contributed by atoms with E-state index in [9.17, 15) is 5.11 Å². The molecular formula is C16H22N2O. The van der Waals surface area contributed by atoms with Crippen LogP contribution in [-0.4, -0.2) is 17.8 Å². The molecule has 0 saturated heterocycles. The van der Waals surface area contributed by atoms with E-state index in [1.165, 1.54) is 11.1 Å². The third kappa shape index (κ3) is 4.05. The van der Waals surface area contributed by atoms with Crippen LogP contribution in [0.3, 0.4) is 0 Å². The number of aliphatic hydroxyl groups excluding tert-OH is 1. The van der Waals surface area contributed by atoms with Crippen molar-refractivity contribution in [1.82, 2.24) is 5.32 Å². The monoisotopic (exact) mass is 258 g/mol. The first-order valence-electron chi connectivity index (χ1n) is 7.07. The summed E-state index contributed by atoms with van der Waals surface area (Å²) in [5.74, 6) is 0.696. The summed E-state index contributed by atoms with van der Waals surface area (Å²) in [5.41, 5.74) is 3.16. The molecular weight excluding hydrogens is 236 g/mol. The van der Waals surface area contributed by atoms with Gasteiger partial charge in [0, 0.05) is 6.54 Å². The fourth-order valence-electron chi connectivity index (χ4n) is 2.72.